The number of sulfonamides is 1. The zero-order chi connectivity index (χ0) is 21.8. The van der Waals surface area contributed by atoms with Crippen LogP contribution in [0.5, 0.6) is 11.5 Å². The molecule has 2 heterocycles. The summed E-state index contributed by atoms with van der Waals surface area (Å²) >= 11 is 0.978. The summed E-state index contributed by atoms with van der Waals surface area (Å²) in [5.41, 5.74) is 2.05. The van der Waals surface area contributed by atoms with Crippen LogP contribution in [0.4, 0.5) is 5.13 Å². The molecule has 3 aromatic rings. The predicted octanol–water partition coefficient (Wildman–Crippen LogP) is 3.22. The smallest absolute Gasteiger partial charge is 0.267 e. The highest BCUT2D eigenvalue weighted by Crippen LogP contribution is 2.43. The van der Waals surface area contributed by atoms with Crippen molar-refractivity contribution in [2.24, 2.45) is 0 Å². The van der Waals surface area contributed by atoms with Crippen molar-refractivity contribution in [3.05, 3.63) is 59.9 Å². The second-order valence-electron chi connectivity index (χ2n) is 7.21. The van der Waals surface area contributed by atoms with Crippen LogP contribution in [0, 0.1) is 0 Å². The molecule has 8 nitrogen and oxygen atoms in total. The Morgan fingerprint density at radius 1 is 1.10 bits per heavy atom. The first-order valence-corrected chi connectivity index (χ1v) is 12.1. The van der Waals surface area contributed by atoms with Crippen molar-refractivity contribution in [2.45, 2.75) is 23.2 Å². The number of ether oxygens (including phenoxy) is 2. The molecule has 2 atom stereocenters. The van der Waals surface area contributed by atoms with Crippen molar-refractivity contribution < 1.29 is 17.9 Å². The minimum absolute atomic E-state index is 0.0498. The molecule has 0 aliphatic carbocycles. The van der Waals surface area contributed by atoms with Crippen molar-refractivity contribution in [3.8, 4) is 11.5 Å². The largest absolute Gasteiger partial charge is 0.497 e. The number of rotatable bonds is 7. The quantitative estimate of drug-likeness (QED) is 0.558. The van der Waals surface area contributed by atoms with Gasteiger partial charge in [-0.25, -0.2) is 13.4 Å². The van der Waals surface area contributed by atoms with Crippen LogP contribution in [0.3, 0.4) is 0 Å². The highest BCUT2D eigenvalue weighted by Gasteiger charge is 2.32. The number of hydrogen-bond donors (Lipinski definition) is 2. The highest BCUT2D eigenvalue weighted by atomic mass is 32.2. The molecule has 2 N–H and O–H groups in total. The van der Waals surface area contributed by atoms with E-state index in [1.165, 1.54) is 19.0 Å². The van der Waals surface area contributed by atoms with Crippen molar-refractivity contribution in [3.63, 3.8) is 0 Å². The summed E-state index contributed by atoms with van der Waals surface area (Å²) in [5, 5.41) is 3.65. The number of nitrogens with one attached hydrogen (secondary N) is 2. The number of methoxy groups -OCH3 is 2. The third-order valence-corrected chi connectivity index (χ3v) is 7.58. The van der Waals surface area contributed by atoms with Gasteiger partial charge in [-0.3, -0.25) is 4.72 Å². The number of piperidine rings is 1. The molecule has 1 aliphatic heterocycles. The minimum atomic E-state index is -3.88. The third-order valence-electron chi connectivity index (χ3n) is 5.51. The summed E-state index contributed by atoms with van der Waals surface area (Å²) in [5.74, 6) is 1.43. The monoisotopic (exact) mass is 460 g/mol. The lowest BCUT2D eigenvalue weighted by atomic mass is 9.77. The Hall–Kier alpha value is -2.69. The molecule has 1 fully saturated rings. The summed E-state index contributed by atoms with van der Waals surface area (Å²) in [6.07, 6.45) is 2.24. The van der Waals surface area contributed by atoms with Crippen LogP contribution >= 0.6 is 11.5 Å². The molecule has 4 rings (SSSR count). The molecule has 1 saturated heterocycles. The number of aromatic nitrogens is 2. The van der Waals surface area contributed by atoms with Gasteiger partial charge in [0.1, 0.15) is 22.7 Å². The van der Waals surface area contributed by atoms with Crippen LogP contribution in [0.15, 0.2) is 53.7 Å². The second kappa shape index (κ2) is 9.21. The van der Waals surface area contributed by atoms with Crippen LogP contribution in [0.1, 0.15) is 29.4 Å². The van der Waals surface area contributed by atoms with Gasteiger partial charge in [0.2, 0.25) is 5.13 Å². The van der Waals surface area contributed by atoms with Crippen molar-refractivity contribution >= 4 is 26.7 Å². The molecule has 0 spiro atoms. The molecule has 0 unspecified atom stereocenters. The van der Waals surface area contributed by atoms with Gasteiger partial charge in [0.15, 0.2) is 0 Å². The van der Waals surface area contributed by atoms with Crippen molar-refractivity contribution in [1.82, 2.24) is 14.7 Å². The van der Waals surface area contributed by atoms with Crippen LogP contribution in [0.2, 0.25) is 0 Å². The Morgan fingerprint density at radius 3 is 2.58 bits per heavy atom. The first-order valence-electron chi connectivity index (χ1n) is 9.84. The van der Waals surface area contributed by atoms with Crippen molar-refractivity contribution in [2.75, 3.05) is 32.0 Å². The number of nitrogens with zero attached hydrogens (tertiary/aromatic N) is 2. The lowest BCUT2D eigenvalue weighted by Gasteiger charge is -2.34. The maximum Gasteiger partial charge on any atom is 0.267 e. The lowest BCUT2D eigenvalue weighted by Crippen LogP contribution is -2.34. The molecule has 164 valence electrons. The van der Waals surface area contributed by atoms with E-state index in [1.807, 2.05) is 18.2 Å². The minimum Gasteiger partial charge on any atom is -0.497 e. The van der Waals surface area contributed by atoms with Gasteiger partial charge in [-0.05, 0) is 42.6 Å². The van der Waals surface area contributed by atoms with E-state index in [0.29, 0.717) is 5.75 Å². The Bertz CT molecular complexity index is 1120. The van der Waals surface area contributed by atoms with E-state index in [0.717, 1.165) is 42.4 Å². The van der Waals surface area contributed by atoms with Gasteiger partial charge in [-0.1, -0.05) is 24.3 Å². The average molecular weight is 461 g/mol. The third kappa shape index (κ3) is 4.51. The summed E-state index contributed by atoms with van der Waals surface area (Å²) in [7, 11) is -0.733. The zero-order valence-electron chi connectivity index (χ0n) is 17.2. The lowest BCUT2D eigenvalue weighted by molar-refractivity contribution is 0.364. The highest BCUT2D eigenvalue weighted by molar-refractivity contribution is 7.93. The topological polar surface area (TPSA) is 102 Å². The van der Waals surface area contributed by atoms with Gasteiger partial charge in [-0.2, -0.15) is 4.37 Å². The number of hydrogen-bond acceptors (Lipinski definition) is 8. The van der Waals surface area contributed by atoms with Crippen molar-refractivity contribution in [1.29, 1.82) is 0 Å². The van der Waals surface area contributed by atoms with Gasteiger partial charge in [0.25, 0.3) is 10.0 Å². The fraction of sp³-hybridized carbons (Fsp3) is 0.333. The zero-order valence-corrected chi connectivity index (χ0v) is 18.9. The number of para-hydroxylation sites is 1. The van der Waals surface area contributed by atoms with Gasteiger partial charge in [-0.15, -0.1) is 0 Å². The first kappa shape index (κ1) is 21.5. The van der Waals surface area contributed by atoms with E-state index in [9.17, 15) is 8.42 Å². The van der Waals surface area contributed by atoms with E-state index in [2.05, 4.69) is 31.5 Å². The predicted molar refractivity (Wildman–Crippen MR) is 120 cm³/mol. The Morgan fingerprint density at radius 2 is 1.90 bits per heavy atom. The van der Waals surface area contributed by atoms with Gasteiger partial charge in [0.05, 0.1) is 14.2 Å². The number of anilines is 1. The summed E-state index contributed by atoms with van der Waals surface area (Å²) in [6.45, 7) is 1.62. The molecule has 1 aliphatic rings. The molecular formula is C21H24N4O4S2. The van der Waals surface area contributed by atoms with E-state index >= 15 is 0 Å². The van der Waals surface area contributed by atoms with Gasteiger partial charge < -0.3 is 14.8 Å². The van der Waals surface area contributed by atoms with Gasteiger partial charge >= 0.3 is 0 Å². The maximum atomic E-state index is 13.1. The molecule has 0 radical (unpaired) electrons. The fourth-order valence-corrected chi connectivity index (χ4v) is 5.94. The number of benzene rings is 2. The molecule has 2 aromatic carbocycles. The van der Waals surface area contributed by atoms with Crippen LogP contribution < -0.4 is 19.5 Å². The van der Waals surface area contributed by atoms with E-state index < -0.39 is 10.0 Å². The SMILES string of the molecule is COc1ccc([C@@H]2CCNC[C@H]2c2cccc(S(=O)(=O)Nc3ncns3)c2OC)cc1. The molecule has 0 amide bonds. The summed E-state index contributed by atoms with van der Waals surface area (Å²) in [4.78, 5) is 4.00. The van der Waals surface area contributed by atoms with E-state index in [-0.39, 0.29) is 21.9 Å². The molecule has 0 saturated carbocycles. The van der Waals surface area contributed by atoms with Crippen LogP contribution in [-0.4, -0.2) is 45.1 Å². The molecule has 1 aromatic heterocycles. The molecule has 31 heavy (non-hydrogen) atoms. The standard InChI is InChI=1S/C21H24N4O4S2/c1-28-15-8-6-14(7-9-15)16-10-11-22-12-18(16)17-4-3-5-19(20(17)29-2)31(26,27)25-21-23-13-24-30-21/h3-9,13,16,18,22H,10-12H2,1-2H3,(H,23,24,25)/t16-,18+/m0/s1. The van der Waals surface area contributed by atoms with E-state index in [1.54, 1.807) is 19.2 Å². The average Bonchev–Trinajstić information content (AvgIpc) is 3.31. The summed E-state index contributed by atoms with van der Waals surface area (Å²) < 4.78 is 43.4. The molecule has 10 heteroatoms. The van der Waals surface area contributed by atoms with E-state index in [4.69, 9.17) is 9.47 Å². The van der Waals surface area contributed by atoms with Gasteiger partial charge in [0, 0.05) is 29.6 Å². The molecular weight excluding hydrogens is 436 g/mol. The Kier molecular flexibility index (Phi) is 6.40. The van der Waals surface area contributed by atoms with Crippen LogP contribution in [0.25, 0.3) is 0 Å². The first-order chi connectivity index (χ1) is 15.0. The Labute approximate surface area is 185 Å². The second-order valence-corrected chi connectivity index (χ2v) is 9.64. The molecule has 0 bridgehead atoms. The fourth-order valence-electron chi connectivity index (χ4n) is 4.08. The maximum absolute atomic E-state index is 13.1. The summed E-state index contributed by atoms with van der Waals surface area (Å²) in [6, 6.07) is 13.3. The normalized spacial score (nSPS) is 19.0. The Balaban J connectivity index is 1.72. The van der Waals surface area contributed by atoms with Crippen LogP contribution in [-0.2, 0) is 10.0 Å².